The summed E-state index contributed by atoms with van der Waals surface area (Å²) >= 11 is 6.06. The number of halogens is 1. The van der Waals surface area contributed by atoms with Crippen LogP contribution >= 0.6 is 11.6 Å². The summed E-state index contributed by atoms with van der Waals surface area (Å²) in [5, 5.41) is 3.43. The molecule has 21 heavy (non-hydrogen) atoms. The molecule has 0 unspecified atom stereocenters. The van der Waals surface area contributed by atoms with Gasteiger partial charge in [0.2, 0.25) is 0 Å². The second-order valence-electron chi connectivity index (χ2n) is 5.07. The lowest BCUT2D eigenvalue weighted by molar-refractivity contribution is 0.271. The molecule has 1 aromatic rings. The minimum Gasteiger partial charge on any atom is -0.383 e. The van der Waals surface area contributed by atoms with Crippen molar-refractivity contribution in [2.24, 2.45) is 0 Å². The highest BCUT2D eigenvalue weighted by Crippen LogP contribution is 2.29. The van der Waals surface area contributed by atoms with E-state index in [1.54, 1.807) is 7.05 Å². The van der Waals surface area contributed by atoms with Crippen molar-refractivity contribution in [3.8, 4) is 0 Å². The summed E-state index contributed by atoms with van der Waals surface area (Å²) in [5.74, 6) is 0.994. The van der Waals surface area contributed by atoms with E-state index in [1.165, 1.54) is 12.6 Å². The van der Waals surface area contributed by atoms with Gasteiger partial charge in [0.05, 0.1) is 5.75 Å². The number of sulfone groups is 1. The number of nitrogens with zero attached hydrogens (tertiary/aromatic N) is 4. The van der Waals surface area contributed by atoms with Gasteiger partial charge in [0.1, 0.15) is 21.9 Å². The molecule has 2 heterocycles. The van der Waals surface area contributed by atoms with Crippen LogP contribution in [0.25, 0.3) is 0 Å². The predicted octanol–water partition coefficient (Wildman–Crippen LogP) is 0.338. The monoisotopic (exact) mass is 333 g/mol. The van der Waals surface area contributed by atoms with Crippen LogP contribution in [-0.2, 0) is 9.84 Å². The van der Waals surface area contributed by atoms with Crippen LogP contribution < -0.4 is 10.2 Å². The molecular formula is C12H20ClN5O2S. The van der Waals surface area contributed by atoms with Gasteiger partial charge in [0.15, 0.2) is 11.0 Å². The van der Waals surface area contributed by atoms with Crippen molar-refractivity contribution in [2.75, 3.05) is 62.0 Å². The zero-order valence-corrected chi connectivity index (χ0v) is 13.8. The summed E-state index contributed by atoms with van der Waals surface area (Å²) in [4.78, 5) is 12.6. The summed E-state index contributed by atoms with van der Waals surface area (Å²) in [6.07, 6.45) is 2.72. The molecule has 7 nitrogen and oxygen atoms in total. The number of aromatic nitrogens is 2. The van der Waals surface area contributed by atoms with E-state index in [1.807, 2.05) is 0 Å². The molecule has 0 atom stereocenters. The molecule has 1 N–H and O–H groups in total. The lowest BCUT2D eigenvalue weighted by Crippen LogP contribution is -2.48. The topological polar surface area (TPSA) is 78.4 Å². The van der Waals surface area contributed by atoms with E-state index in [0.717, 1.165) is 37.7 Å². The molecule has 1 aliphatic heterocycles. The van der Waals surface area contributed by atoms with Crippen molar-refractivity contribution in [1.82, 2.24) is 14.9 Å². The summed E-state index contributed by atoms with van der Waals surface area (Å²) < 4.78 is 22.4. The first-order chi connectivity index (χ1) is 9.90. The molecule has 2 rings (SSSR count). The van der Waals surface area contributed by atoms with Gasteiger partial charge in [-0.15, -0.1) is 0 Å². The Morgan fingerprint density at radius 3 is 2.52 bits per heavy atom. The number of rotatable bonds is 5. The second-order valence-corrected chi connectivity index (χ2v) is 7.69. The smallest absolute Gasteiger partial charge is 0.157 e. The summed E-state index contributed by atoms with van der Waals surface area (Å²) in [7, 11) is -1.12. The fraction of sp³-hybridized carbons (Fsp3) is 0.667. The van der Waals surface area contributed by atoms with Gasteiger partial charge in [0.25, 0.3) is 0 Å². The van der Waals surface area contributed by atoms with Gasteiger partial charge in [-0.25, -0.2) is 18.4 Å². The van der Waals surface area contributed by atoms with Crippen LogP contribution in [-0.4, -0.2) is 75.1 Å². The maximum atomic E-state index is 11.2. The van der Waals surface area contributed by atoms with E-state index < -0.39 is 9.84 Å². The highest BCUT2D eigenvalue weighted by molar-refractivity contribution is 7.90. The van der Waals surface area contributed by atoms with E-state index in [-0.39, 0.29) is 5.75 Å². The standard InChI is InChI=1S/C12H20ClN5O2S/c1-14-10-11(13)15-9-16-12(10)18-5-3-17(4-6-18)7-8-21(2,19)20/h9,14H,3-8H2,1-2H3. The van der Waals surface area contributed by atoms with Crippen LogP contribution in [0.4, 0.5) is 11.5 Å². The quantitative estimate of drug-likeness (QED) is 0.778. The van der Waals surface area contributed by atoms with Crippen molar-refractivity contribution < 1.29 is 8.42 Å². The first-order valence-corrected chi connectivity index (χ1v) is 9.18. The highest BCUT2D eigenvalue weighted by atomic mass is 35.5. The fourth-order valence-electron chi connectivity index (χ4n) is 2.29. The largest absolute Gasteiger partial charge is 0.383 e. The van der Waals surface area contributed by atoms with Gasteiger partial charge < -0.3 is 10.2 Å². The van der Waals surface area contributed by atoms with Crippen molar-refractivity contribution in [1.29, 1.82) is 0 Å². The van der Waals surface area contributed by atoms with Crippen LogP contribution in [0, 0.1) is 0 Å². The summed E-state index contributed by atoms with van der Waals surface area (Å²) in [5.41, 5.74) is 0.726. The van der Waals surface area contributed by atoms with E-state index in [0.29, 0.717) is 11.7 Å². The third kappa shape index (κ3) is 4.42. The molecule has 1 aliphatic rings. The van der Waals surface area contributed by atoms with E-state index in [4.69, 9.17) is 11.6 Å². The number of hydrogen-bond donors (Lipinski definition) is 1. The van der Waals surface area contributed by atoms with E-state index >= 15 is 0 Å². The molecule has 1 aromatic heterocycles. The van der Waals surface area contributed by atoms with Crippen LogP contribution in [0.1, 0.15) is 0 Å². The van der Waals surface area contributed by atoms with Crippen LogP contribution in [0.2, 0.25) is 5.15 Å². The molecule has 118 valence electrons. The SMILES string of the molecule is CNc1c(Cl)ncnc1N1CCN(CCS(C)(=O)=O)CC1. The second kappa shape index (κ2) is 6.76. The minimum absolute atomic E-state index is 0.202. The lowest BCUT2D eigenvalue weighted by atomic mass is 10.3. The van der Waals surface area contributed by atoms with Crippen LogP contribution in [0.3, 0.4) is 0 Å². The lowest BCUT2D eigenvalue weighted by Gasteiger charge is -2.35. The Morgan fingerprint density at radius 2 is 1.95 bits per heavy atom. The first kappa shape index (κ1) is 16.3. The third-order valence-corrected chi connectivity index (χ3v) is 4.69. The fourth-order valence-corrected chi connectivity index (χ4v) is 3.10. The van der Waals surface area contributed by atoms with Gasteiger partial charge in [-0.05, 0) is 0 Å². The van der Waals surface area contributed by atoms with Crippen LogP contribution in [0.15, 0.2) is 6.33 Å². The Hall–Kier alpha value is -1.12. The Labute approximate surface area is 130 Å². The molecular weight excluding hydrogens is 314 g/mol. The Morgan fingerprint density at radius 1 is 1.29 bits per heavy atom. The molecule has 0 aromatic carbocycles. The average Bonchev–Trinajstić information content (AvgIpc) is 2.44. The van der Waals surface area contributed by atoms with Gasteiger partial charge >= 0.3 is 0 Å². The first-order valence-electron chi connectivity index (χ1n) is 6.74. The Balaban J connectivity index is 1.97. The van der Waals surface area contributed by atoms with E-state index in [2.05, 4.69) is 25.1 Å². The third-order valence-electron chi connectivity index (χ3n) is 3.48. The zero-order chi connectivity index (χ0) is 15.5. The van der Waals surface area contributed by atoms with E-state index in [9.17, 15) is 8.42 Å². The molecule has 0 saturated carbocycles. The number of anilines is 2. The van der Waals surface area contributed by atoms with Crippen molar-refractivity contribution in [2.45, 2.75) is 0 Å². The van der Waals surface area contributed by atoms with Gasteiger partial charge in [-0.1, -0.05) is 11.6 Å². The maximum Gasteiger partial charge on any atom is 0.157 e. The van der Waals surface area contributed by atoms with Crippen LogP contribution in [0.5, 0.6) is 0 Å². The highest BCUT2D eigenvalue weighted by Gasteiger charge is 2.22. The molecule has 1 saturated heterocycles. The normalized spacial score (nSPS) is 17.0. The molecule has 9 heteroatoms. The summed E-state index contributed by atoms with van der Waals surface area (Å²) in [6, 6.07) is 0. The summed E-state index contributed by atoms with van der Waals surface area (Å²) in [6.45, 7) is 3.76. The van der Waals surface area contributed by atoms with Gasteiger partial charge in [0, 0.05) is 46.0 Å². The molecule has 0 aliphatic carbocycles. The average molecular weight is 334 g/mol. The van der Waals surface area contributed by atoms with Gasteiger partial charge in [-0.3, -0.25) is 4.90 Å². The van der Waals surface area contributed by atoms with Crippen molar-refractivity contribution in [3.63, 3.8) is 0 Å². The molecule has 0 radical (unpaired) electrons. The molecule has 0 spiro atoms. The predicted molar refractivity (Wildman–Crippen MR) is 85.0 cm³/mol. The van der Waals surface area contributed by atoms with Crippen molar-refractivity contribution in [3.05, 3.63) is 11.5 Å². The van der Waals surface area contributed by atoms with Crippen molar-refractivity contribution >= 4 is 32.9 Å². The molecule has 1 fully saturated rings. The Bertz CT molecular complexity index is 587. The Kier molecular flexibility index (Phi) is 5.23. The number of hydrogen-bond acceptors (Lipinski definition) is 7. The number of piperazine rings is 1. The molecule has 0 bridgehead atoms. The molecule has 0 amide bonds. The minimum atomic E-state index is -2.91. The zero-order valence-electron chi connectivity index (χ0n) is 12.2. The van der Waals surface area contributed by atoms with Gasteiger partial charge in [-0.2, -0.15) is 0 Å². The maximum absolute atomic E-state index is 11.2. The number of nitrogens with one attached hydrogen (secondary N) is 1.